The molecule has 0 radical (unpaired) electrons. The Kier molecular flexibility index (Phi) is 3.89. The number of carbonyl (C=O) groups excluding carboxylic acids is 1. The van der Waals surface area contributed by atoms with Crippen molar-refractivity contribution < 1.29 is 21.8 Å². The first-order valence-corrected chi connectivity index (χ1v) is 3.26. The third-order valence-corrected chi connectivity index (χ3v) is 1.26. The van der Waals surface area contributed by atoms with Gasteiger partial charge in [0.25, 0.3) is 0 Å². The summed E-state index contributed by atoms with van der Waals surface area (Å²) in [6, 6.07) is -0.00583. The van der Waals surface area contributed by atoms with E-state index in [0.717, 1.165) is 13.1 Å². The van der Waals surface area contributed by atoms with Crippen LogP contribution in [0.2, 0.25) is 0 Å². The summed E-state index contributed by atoms with van der Waals surface area (Å²) in [7, 11) is 3.79. The maximum absolute atomic E-state index is 10.9. The zero-order chi connectivity index (χ0) is 7.56. The molecule has 64 valence electrons. The number of hydrogen-bond acceptors (Lipinski definition) is 1. The predicted molar refractivity (Wildman–Crippen MR) is 38.3 cm³/mol. The second-order valence-electron chi connectivity index (χ2n) is 2.50. The first kappa shape index (κ1) is 10.2. The van der Waals surface area contributed by atoms with Gasteiger partial charge in [0.05, 0.1) is 20.6 Å². The van der Waals surface area contributed by atoms with Crippen LogP contribution in [0.3, 0.4) is 0 Å². The minimum absolute atomic E-state index is 0. The largest absolute Gasteiger partial charge is 1.00 e. The highest BCUT2D eigenvalue weighted by Crippen LogP contribution is 1.90. The quantitative estimate of drug-likeness (QED) is 0.250. The standard InChI is InChI=1S/C6H11N3O.ClH/c1-8(2)5-9-4-3-7-6(9)10;/h5H,3-4H2,1-2H3;1H. The Morgan fingerprint density at radius 3 is 2.64 bits per heavy atom. The Hall–Kier alpha value is -0.770. The maximum atomic E-state index is 10.9. The molecule has 0 atom stereocenters. The summed E-state index contributed by atoms with van der Waals surface area (Å²) in [6.07, 6.45) is 1.78. The lowest BCUT2D eigenvalue weighted by Gasteiger charge is -1.98. The summed E-state index contributed by atoms with van der Waals surface area (Å²) < 4.78 is 1.85. The molecule has 1 aliphatic rings. The molecule has 0 aromatic heterocycles. The fourth-order valence-corrected chi connectivity index (χ4v) is 0.875. The lowest BCUT2D eigenvalue weighted by Crippen LogP contribution is -3.00. The summed E-state index contributed by atoms with van der Waals surface area (Å²) in [5.74, 6) is 0. The number of hydrogen-bond donors (Lipinski definition) is 1. The van der Waals surface area contributed by atoms with Gasteiger partial charge in [0.2, 0.25) is 6.34 Å². The topological polar surface area (TPSA) is 35.4 Å². The molecule has 0 aromatic rings. The summed E-state index contributed by atoms with van der Waals surface area (Å²) in [5, 5.41) is 2.70. The maximum Gasteiger partial charge on any atom is 0.408 e. The van der Waals surface area contributed by atoms with Crippen molar-refractivity contribution in [1.29, 1.82) is 0 Å². The van der Waals surface area contributed by atoms with E-state index < -0.39 is 0 Å². The molecular weight excluding hydrogens is 166 g/mol. The van der Waals surface area contributed by atoms with Crippen LogP contribution in [0.15, 0.2) is 0 Å². The number of nitrogens with zero attached hydrogens (tertiary/aromatic N) is 2. The van der Waals surface area contributed by atoms with Crippen LogP contribution in [-0.4, -0.2) is 49.0 Å². The van der Waals surface area contributed by atoms with Crippen molar-refractivity contribution in [1.82, 2.24) is 10.2 Å². The highest BCUT2D eigenvalue weighted by Gasteiger charge is 2.24. The SMILES string of the molecule is C[N+](C)=CN1CCNC1=O.[Cl-]. The van der Waals surface area contributed by atoms with Gasteiger partial charge in [0.15, 0.2) is 0 Å². The Labute approximate surface area is 72.3 Å². The van der Waals surface area contributed by atoms with Crippen molar-refractivity contribution in [2.75, 3.05) is 27.2 Å². The summed E-state index contributed by atoms with van der Waals surface area (Å²) in [4.78, 5) is 12.5. The van der Waals surface area contributed by atoms with Gasteiger partial charge >= 0.3 is 6.03 Å². The predicted octanol–water partition coefficient (Wildman–Crippen LogP) is -3.68. The van der Waals surface area contributed by atoms with Crippen LogP contribution in [0.5, 0.6) is 0 Å². The first-order chi connectivity index (χ1) is 4.70. The fraction of sp³-hybridized carbons (Fsp3) is 0.667. The second-order valence-corrected chi connectivity index (χ2v) is 2.50. The zero-order valence-corrected chi connectivity index (χ0v) is 7.43. The van der Waals surface area contributed by atoms with Crippen LogP contribution < -0.4 is 17.7 Å². The van der Waals surface area contributed by atoms with Gasteiger partial charge in [0.1, 0.15) is 6.54 Å². The molecule has 1 aliphatic heterocycles. The Balaban J connectivity index is 0.000001000. The van der Waals surface area contributed by atoms with E-state index >= 15 is 0 Å². The molecule has 0 unspecified atom stereocenters. The third kappa shape index (κ3) is 2.76. The molecule has 2 amide bonds. The highest BCUT2D eigenvalue weighted by atomic mass is 35.5. The van der Waals surface area contributed by atoms with E-state index in [-0.39, 0.29) is 18.4 Å². The van der Waals surface area contributed by atoms with Crippen LogP contribution in [0.25, 0.3) is 0 Å². The fourth-order valence-electron chi connectivity index (χ4n) is 0.875. The smallest absolute Gasteiger partial charge is 0.408 e. The number of amides is 2. The molecule has 0 aliphatic carbocycles. The lowest BCUT2D eigenvalue weighted by molar-refractivity contribution is -0.463. The van der Waals surface area contributed by atoms with Crippen molar-refractivity contribution in [2.24, 2.45) is 0 Å². The minimum atomic E-state index is -0.00583. The summed E-state index contributed by atoms with van der Waals surface area (Å²) >= 11 is 0. The van der Waals surface area contributed by atoms with E-state index in [1.54, 1.807) is 11.2 Å². The Morgan fingerprint density at radius 1 is 1.64 bits per heavy atom. The normalized spacial score (nSPS) is 15.5. The van der Waals surface area contributed by atoms with Crippen LogP contribution in [0.1, 0.15) is 0 Å². The molecule has 1 fully saturated rings. The van der Waals surface area contributed by atoms with Crippen molar-refractivity contribution in [3.63, 3.8) is 0 Å². The highest BCUT2D eigenvalue weighted by molar-refractivity contribution is 5.86. The number of nitrogens with one attached hydrogen (secondary N) is 1. The molecule has 5 heteroatoms. The molecule has 0 saturated carbocycles. The molecule has 0 spiro atoms. The van der Waals surface area contributed by atoms with Crippen molar-refractivity contribution in [2.45, 2.75) is 0 Å². The van der Waals surface area contributed by atoms with Gasteiger partial charge in [-0.3, -0.25) is 4.58 Å². The molecule has 1 rings (SSSR count). The number of urea groups is 1. The average Bonchev–Trinajstić information content (AvgIpc) is 2.15. The number of halogens is 1. The molecule has 1 saturated heterocycles. The monoisotopic (exact) mass is 177 g/mol. The lowest BCUT2D eigenvalue weighted by atomic mass is 10.6. The molecule has 0 aromatic carbocycles. The zero-order valence-electron chi connectivity index (χ0n) is 6.67. The van der Waals surface area contributed by atoms with Crippen molar-refractivity contribution in [3.8, 4) is 0 Å². The average molecular weight is 178 g/mol. The van der Waals surface area contributed by atoms with E-state index in [1.165, 1.54) is 0 Å². The molecule has 1 heterocycles. The first-order valence-electron chi connectivity index (χ1n) is 3.26. The van der Waals surface area contributed by atoms with Crippen molar-refractivity contribution in [3.05, 3.63) is 0 Å². The number of rotatable bonds is 1. The van der Waals surface area contributed by atoms with Crippen LogP contribution in [-0.2, 0) is 0 Å². The van der Waals surface area contributed by atoms with E-state index in [2.05, 4.69) is 5.32 Å². The second kappa shape index (κ2) is 4.18. The van der Waals surface area contributed by atoms with Gasteiger partial charge in [-0.25, -0.2) is 4.79 Å². The van der Waals surface area contributed by atoms with Crippen molar-refractivity contribution >= 4 is 12.4 Å². The van der Waals surface area contributed by atoms with Crippen LogP contribution >= 0.6 is 0 Å². The third-order valence-electron chi connectivity index (χ3n) is 1.26. The molecule has 4 nitrogen and oxygen atoms in total. The van der Waals surface area contributed by atoms with Gasteiger partial charge in [0, 0.05) is 0 Å². The van der Waals surface area contributed by atoms with Gasteiger partial charge in [-0.05, 0) is 0 Å². The van der Waals surface area contributed by atoms with Crippen LogP contribution in [0.4, 0.5) is 4.79 Å². The van der Waals surface area contributed by atoms with Gasteiger partial charge in [-0.1, -0.05) is 0 Å². The van der Waals surface area contributed by atoms with E-state index in [1.807, 2.05) is 18.7 Å². The molecule has 0 bridgehead atoms. The van der Waals surface area contributed by atoms with Gasteiger partial charge < -0.3 is 17.7 Å². The minimum Gasteiger partial charge on any atom is -1.00 e. The molecular formula is C6H12ClN3O. The van der Waals surface area contributed by atoms with E-state index in [0.29, 0.717) is 0 Å². The van der Waals surface area contributed by atoms with Gasteiger partial charge in [-0.2, -0.15) is 4.90 Å². The molecule has 11 heavy (non-hydrogen) atoms. The van der Waals surface area contributed by atoms with E-state index in [9.17, 15) is 4.79 Å². The summed E-state index contributed by atoms with van der Waals surface area (Å²) in [5.41, 5.74) is 0. The number of carbonyl (C=O) groups is 1. The van der Waals surface area contributed by atoms with Crippen LogP contribution in [0, 0.1) is 0 Å². The van der Waals surface area contributed by atoms with Gasteiger partial charge in [-0.15, -0.1) is 0 Å². The summed E-state index contributed by atoms with van der Waals surface area (Å²) in [6.45, 7) is 1.53. The Morgan fingerprint density at radius 2 is 2.27 bits per heavy atom. The Bertz CT molecular complexity index is 177. The molecule has 1 N–H and O–H groups in total. The van der Waals surface area contributed by atoms with E-state index in [4.69, 9.17) is 0 Å².